The van der Waals surface area contributed by atoms with Gasteiger partial charge in [0.05, 0.1) is 6.04 Å². The fourth-order valence-electron chi connectivity index (χ4n) is 2.07. The van der Waals surface area contributed by atoms with Crippen molar-refractivity contribution >= 4 is 17.6 Å². The summed E-state index contributed by atoms with van der Waals surface area (Å²) in [6.45, 7) is 1.76. The minimum atomic E-state index is -0.919. The molecule has 5 nitrogen and oxygen atoms in total. The van der Waals surface area contributed by atoms with Crippen molar-refractivity contribution in [3.8, 4) is 0 Å². The number of hydrogen-bond donors (Lipinski definition) is 2. The molecule has 2 atom stereocenters. The van der Waals surface area contributed by atoms with Crippen molar-refractivity contribution in [1.82, 2.24) is 0 Å². The Labute approximate surface area is 98.8 Å². The first kappa shape index (κ1) is 11.6. The number of nitrogens with zero attached hydrogens (tertiary/aromatic N) is 1. The molecule has 2 unspecified atom stereocenters. The van der Waals surface area contributed by atoms with Gasteiger partial charge in [0.15, 0.2) is 0 Å². The first-order valence-corrected chi connectivity index (χ1v) is 5.41. The molecular formula is C12H14N2O3. The number of carboxylic acid groups (broad SMARTS) is 1. The van der Waals surface area contributed by atoms with Crippen LogP contribution in [0.15, 0.2) is 24.3 Å². The van der Waals surface area contributed by atoms with Crippen LogP contribution < -0.4 is 10.6 Å². The van der Waals surface area contributed by atoms with E-state index < -0.39 is 17.9 Å². The molecule has 0 bridgehead atoms. The molecule has 1 aliphatic rings. The first-order valence-electron chi connectivity index (χ1n) is 5.41. The van der Waals surface area contributed by atoms with Crippen LogP contribution in [0.2, 0.25) is 0 Å². The van der Waals surface area contributed by atoms with Gasteiger partial charge in [0, 0.05) is 12.2 Å². The van der Waals surface area contributed by atoms with Gasteiger partial charge in [-0.05, 0) is 18.6 Å². The van der Waals surface area contributed by atoms with Gasteiger partial charge in [-0.15, -0.1) is 0 Å². The number of aliphatic carboxylic acids is 1. The topological polar surface area (TPSA) is 83.6 Å². The summed E-state index contributed by atoms with van der Waals surface area (Å²) in [6.07, 6.45) is 0. The monoisotopic (exact) mass is 234 g/mol. The van der Waals surface area contributed by atoms with Crippen LogP contribution >= 0.6 is 0 Å². The third kappa shape index (κ3) is 1.89. The van der Waals surface area contributed by atoms with E-state index in [2.05, 4.69) is 0 Å². The van der Waals surface area contributed by atoms with E-state index in [1.807, 2.05) is 0 Å². The zero-order chi connectivity index (χ0) is 12.6. The van der Waals surface area contributed by atoms with Gasteiger partial charge in [0.1, 0.15) is 5.92 Å². The average molecular weight is 234 g/mol. The van der Waals surface area contributed by atoms with E-state index in [1.54, 1.807) is 31.2 Å². The molecule has 2 rings (SSSR count). The van der Waals surface area contributed by atoms with Crippen LogP contribution in [0, 0.1) is 0 Å². The number of anilines is 1. The van der Waals surface area contributed by atoms with Gasteiger partial charge in [0.2, 0.25) is 5.91 Å². The normalized spacial score (nSPS) is 19.9. The van der Waals surface area contributed by atoms with Gasteiger partial charge in [-0.25, -0.2) is 0 Å². The van der Waals surface area contributed by atoms with Crippen LogP contribution in [0.3, 0.4) is 0 Å². The summed E-state index contributed by atoms with van der Waals surface area (Å²) in [5.41, 5.74) is 6.89. The highest BCUT2D eigenvalue weighted by molar-refractivity contribution is 6.01. The van der Waals surface area contributed by atoms with Gasteiger partial charge >= 0.3 is 5.97 Å². The van der Waals surface area contributed by atoms with Crippen LogP contribution in [0.25, 0.3) is 0 Å². The standard InChI is InChI=1S/C12H14N2O3/c1-7(13)11(15)14-6-9(12(16)17)8-4-2-3-5-10(8)14/h2-5,7,9H,6,13H2,1H3,(H,16,17). The van der Waals surface area contributed by atoms with Crippen molar-refractivity contribution in [3.63, 3.8) is 0 Å². The van der Waals surface area contributed by atoms with E-state index in [1.165, 1.54) is 4.90 Å². The minimum absolute atomic E-state index is 0.162. The summed E-state index contributed by atoms with van der Waals surface area (Å²) in [5.74, 6) is -1.83. The predicted molar refractivity (Wildman–Crippen MR) is 62.8 cm³/mol. The molecule has 0 aliphatic carbocycles. The number of fused-ring (bicyclic) bond motifs is 1. The minimum Gasteiger partial charge on any atom is -0.481 e. The van der Waals surface area contributed by atoms with E-state index >= 15 is 0 Å². The fraction of sp³-hybridized carbons (Fsp3) is 0.333. The highest BCUT2D eigenvalue weighted by Gasteiger charge is 2.36. The third-order valence-corrected chi connectivity index (χ3v) is 2.92. The smallest absolute Gasteiger partial charge is 0.312 e. The quantitative estimate of drug-likeness (QED) is 0.782. The number of nitrogens with two attached hydrogens (primary N) is 1. The lowest BCUT2D eigenvalue weighted by molar-refractivity contribution is -0.138. The van der Waals surface area contributed by atoms with Crippen molar-refractivity contribution in [2.24, 2.45) is 5.73 Å². The van der Waals surface area contributed by atoms with Gasteiger partial charge in [-0.3, -0.25) is 9.59 Å². The number of carbonyl (C=O) groups is 2. The predicted octanol–water partition coefficient (Wildman–Crippen LogP) is 0.549. The number of amides is 1. The molecular weight excluding hydrogens is 220 g/mol. The molecule has 90 valence electrons. The van der Waals surface area contributed by atoms with E-state index in [0.717, 1.165) is 0 Å². The van der Waals surface area contributed by atoms with Crippen LogP contribution in [0.5, 0.6) is 0 Å². The Hall–Kier alpha value is -1.88. The van der Waals surface area contributed by atoms with Crippen LogP contribution in [0.4, 0.5) is 5.69 Å². The van der Waals surface area contributed by atoms with Gasteiger partial charge in [-0.1, -0.05) is 18.2 Å². The lowest BCUT2D eigenvalue weighted by Crippen LogP contribution is -2.42. The Balaban J connectivity index is 2.41. The van der Waals surface area contributed by atoms with Crippen LogP contribution in [-0.4, -0.2) is 29.6 Å². The summed E-state index contributed by atoms with van der Waals surface area (Å²) in [4.78, 5) is 24.5. The molecule has 0 spiro atoms. The maximum Gasteiger partial charge on any atom is 0.312 e. The van der Waals surface area contributed by atoms with E-state index in [0.29, 0.717) is 11.3 Å². The van der Waals surface area contributed by atoms with Crippen molar-refractivity contribution in [2.45, 2.75) is 18.9 Å². The maximum absolute atomic E-state index is 11.9. The highest BCUT2D eigenvalue weighted by atomic mass is 16.4. The Kier molecular flexibility index (Phi) is 2.85. The fourth-order valence-corrected chi connectivity index (χ4v) is 2.07. The van der Waals surface area contributed by atoms with Gasteiger partial charge in [-0.2, -0.15) is 0 Å². The van der Waals surface area contributed by atoms with Gasteiger partial charge in [0.25, 0.3) is 0 Å². The Bertz CT molecular complexity index is 471. The lowest BCUT2D eigenvalue weighted by atomic mass is 10.0. The molecule has 0 aromatic heterocycles. The molecule has 5 heteroatoms. The number of hydrogen-bond acceptors (Lipinski definition) is 3. The number of para-hydroxylation sites is 1. The summed E-state index contributed by atoms with van der Waals surface area (Å²) < 4.78 is 0. The van der Waals surface area contributed by atoms with E-state index in [9.17, 15) is 9.59 Å². The van der Waals surface area contributed by atoms with E-state index in [-0.39, 0.29) is 12.5 Å². The number of rotatable bonds is 2. The van der Waals surface area contributed by atoms with Crippen molar-refractivity contribution < 1.29 is 14.7 Å². The summed E-state index contributed by atoms with van der Waals surface area (Å²) in [7, 11) is 0. The molecule has 1 aromatic rings. The molecule has 17 heavy (non-hydrogen) atoms. The summed E-state index contributed by atoms with van der Waals surface area (Å²) in [6, 6.07) is 6.41. The largest absolute Gasteiger partial charge is 0.481 e. The molecule has 3 N–H and O–H groups in total. The van der Waals surface area contributed by atoms with Gasteiger partial charge < -0.3 is 15.7 Å². The van der Waals surface area contributed by atoms with Crippen LogP contribution in [-0.2, 0) is 9.59 Å². The summed E-state index contributed by atoms with van der Waals surface area (Å²) >= 11 is 0. The summed E-state index contributed by atoms with van der Waals surface area (Å²) in [5, 5.41) is 9.13. The Morgan fingerprint density at radius 2 is 2.12 bits per heavy atom. The molecule has 0 fully saturated rings. The average Bonchev–Trinajstić information content (AvgIpc) is 2.67. The molecule has 1 heterocycles. The second-order valence-corrected chi connectivity index (χ2v) is 4.19. The zero-order valence-corrected chi connectivity index (χ0v) is 9.46. The molecule has 0 radical (unpaired) electrons. The second kappa shape index (κ2) is 4.18. The number of benzene rings is 1. The van der Waals surface area contributed by atoms with E-state index in [4.69, 9.17) is 10.8 Å². The van der Waals surface area contributed by atoms with Crippen molar-refractivity contribution in [3.05, 3.63) is 29.8 Å². The lowest BCUT2D eigenvalue weighted by Gasteiger charge is -2.19. The Morgan fingerprint density at radius 1 is 1.47 bits per heavy atom. The molecule has 0 saturated carbocycles. The molecule has 1 aromatic carbocycles. The first-order chi connectivity index (χ1) is 8.02. The maximum atomic E-state index is 11.9. The third-order valence-electron chi connectivity index (χ3n) is 2.92. The molecule has 1 aliphatic heterocycles. The van der Waals surface area contributed by atoms with Crippen molar-refractivity contribution in [2.75, 3.05) is 11.4 Å². The zero-order valence-electron chi connectivity index (χ0n) is 9.46. The number of carboxylic acids is 1. The van der Waals surface area contributed by atoms with Crippen LogP contribution in [0.1, 0.15) is 18.4 Å². The number of carbonyl (C=O) groups excluding carboxylic acids is 1. The SMILES string of the molecule is CC(N)C(=O)N1CC(C(=O)O)c2ccccc21. The Morgan fingerprint density at radius 3 is 2.71 bits per heavy atom. The highest BCUT2D eigenvalue weighted by Crippen LogP contribution is 2.36. The molecule has 1 amide bonds. The van der Waals surface area contributed by atoms with Crippen molar-refractivity contribution in [1.29, 1.82) is 0 Å². The molecule has 0 saturated heterocycles. The second-order valence-electron chi connectivity index (χ2n) is 4.19.